The fraction of sp³-hybridized carbons (Fsp3) is 0.304. The Balaban J connectivity index is 1.29. The maximum absolute atomic E-state index is 12.5. The number of H-pyrrole nitrogens is 1. The average Bonchev–Trinajstić information content (AvgIpc) is 3.26. The molecule has 1 saturated heterocycles. The van der Waals surface area contributed by atoms with Crippen molar-refractivity contribution in [2.24, 2.45) is 5.92 Å². The largest absolute Gasteiger partial charge is 0.352 e. The van der Waals surface area contributed by atoms with Gasteiger partial charge in [-0.1, -0.05) is 42.5 Å². The molecule has 2 aromatic carbocycles. The molecule has 0 spiro atoms. The molecule has 144 valence electrons. The zero-order valence-electron chi connectivity index (χ0n) is 16.0. The molecule has 1 atom stereocenters. The van der Waals surface area contributed by atoms with E-state index < -0.39 is 0 Å². The first kappa shape index (κ1) is 18.4. The van der Waals surface area contributed by atoms with Crippen LogP contribution in [-0.2, 0) is 6.54 Å². The van der Waals surface area contributed by atoms with Crippen molar-refractivity contribution < 1.29 is 4.79 Å². The van der Waals surface area contributed by atoms with Gasteiger partial charge in [0.25, 0.3) is 5.91 Å². The van der Waals surface area contributed by atoms with Crippen molar-refractivity contribution in [3.63, 3.8) is 0 Å². The molecule has 1 amide bonds. The van der Waals surface area contributed by atoms with Gasteiger partial charge < -0.3 is 5.32 Å². The smallest absolute Gasteiger partial charge is 0.251 e. The van der Waals surface area contributed by atoms with E-state index in [0.29, 0.717) is 11.5 Å². The van der Waals surface area contributed by atoms with Crippen LogP contribution in [0.3, 0.4) is 0 Å². The van der Waals surface area contributed by atoms with Gasteiger partial charge in [0.05, 0.1) is 0 Å². The second kappa shape index (κ2) is 8.85. The molecule has 1 aromatic heterocycles. The molecule has 4 rings (SSSR count). The van der Waals surface area contributed by atoms with Crippen LogP contribution in [0.2, 0.25) is 0 Å². The van der Waals surface area contributed by atoms with Crippen LogP contribution in [0.25, 0.3) is 11.1 Å². The molecule has 1 aliphatic heterocycles. The van der Waals surface area contributed by atoms with Crippen molar-refractivity contribution in [1.82, 2.24) is 20.4 Å². The minimum absolute atomic E-state index is 0.00491. The highest BCUT2D eigenvalue weighted by Gasteiger charge is 2.21. The van der Waals surface area contributed by atoms with E-state index in [9.17, 15) is 4.79 Å². The molecule has 0 saturated carbocycles. The Morgan fingerprint density at radius 3 is 2.61 bits per heavy atom. The Bertz CT molecular complexity index is 875. The normalized spacial score (nSPS) is 17.4. The number of nitrogens with zero attached hydrogens (tertiary/aromatic N) is 2. The molecule has 5 nitrogen and oxygen atoms in total. The predicted octanol–water partition coefficient (Wildman–Crippen LogP) is 3.72. The summed E-state index contributed by atoms with van der Waals surface area (Å²) < 4.78 is 0. The lowest BCUT2D eigenvalue weighted by Gasteiger charge is -2.32. The third-order valence-electron chi connectivity index (χ3n) is 5.36. The predicted molar refractivity (Wildman–Crippen MR) is 111 cm³/mol. The van der Waals surface area contributed by atoms with E-state index in [1.165, 1.54) is 6.42 Å². The highest BCUT2D eigenvalue weighted by molar-refractivity contribution is 5.94. The molecule has 0 aliphatic carbocycles. The van der Waals surface area contributed by atoms with E-state index >= 15 is 0 Å². The number of carbonyl (C=O) groups excluding carboxylic acids is 1. The van der Waals surface area contributed by atoms with Gasteiger partial charge in [0, 0.05) is 37.1 Å². The van der Waals surface area contributed by atoms with Gasteiger partial charge in [-0.3, -0.25) is 14.8 Å². The standard InChI is InChI=1S/C23H26N4O/c28-23(21-10-8-20(9-11-21)19-6-2-1-3-7-19)24-15-18-5-4-14-27(16-18)17-22-12-13-25-26-22/h1-3,6-13,18H,4-5,14-17H2,(H,24,28)(H,25,26)/t18-/m1/s1. The van der Waals surface area contributed by atoms with Crippen molar-refractivity contribution in [3.05, 3.63) is 78.1 Å². The molecule has 0 unspecified atom stereocenters. The molecule has 0 bridgehead atoms. The number of likely N-dealkylation sites (tertiary alicyclic amines) is 1. The lowest BCUT2D eigenvalue weighted by Crippen LogP contribution is -2.40. The summed E-state index contributed by atoms with van der Waals surface area (Å²) in [5.41, 5.74) is 4.14. The molecule has 3 aromatic rings. The summed E-state index contributed by atoms with van der Waals surface area (Å²) in [5.74, 6) is 0.495. The Morgan fingerprint density at radius 2 is 1.86 bits per heavy atom. The lowest BCUT2D eigenvalue weighted by atomic mass is 9.97. The van der Waals surface area contributed by atoms with E-state index in [1.807, 2.05) is 48.5 Å². The number of piperidine rings is 1. The Morgan fingerprint density at radius 1 is 1.07 bits per heavy atom. The molecule has 2 N–H and O–H groups in total. The Labute approximate surface area is 165 Å². The number of aromatic amines is 1. The van der Waals surface area contributed by atoms with Crippen LogP contribution < -0.4 is 5.32 Å². The van der Waals surface area contributed by atoms with E-state index in [4.69, 9.17) is 0 Å². The van der Waals surface area contributed by atoms with Gasteiger partial charge in [-0.2, -0.15) is 5.10 Å². The third kappa shape index (κ3) is 4.67. The maximum atomic E-state index is 12.5. The van der Waals surface area contributed by atoms with Crippen molar-refractivity contribution in [2.75, 3.05) is 19.6 Å². The van der Waals surface area contributed by atoms with Gasteiger partial charge in [-0.25, -0.2) is 0 Å². The van der Waals surface area contributed by atoms with Crippen molar-refractivity contribution in [3.8, 4) is 11.1 Å². The topological polar surface area (TPSA) is 61.0 Å². The van der Waals surface area contributed by atoms with Gasteiger partial charge >= 0.3 is 0 Å². The van der Waals surface area contributed by atoms with E-state index in [0.717, 1.165) is 49.4 Å². The zero-order valence-corrected chi connectivity index (χ0v) is 16.0. The molecule has 1 fully saturated rings. The summed E-state index contributed by atoms with van der Waals surface area (Å²) >= 11 is 0. The minimum atomic E-state index is 0.00491. The SMILES string of the molecule is O=C(NC[C@H]1CCCN(Cc2ccn[nH]2)C1)c1ccc(-c2ccccc2)cc1. The highest BCUT2D eigenvalue weighted by atomic mass is 16.1. The van der Waals surface area contributed by atoms with Gasteiger partial charge in [-0.05, 0) is 54.6 Å². The van der Waals surface area contributed by atoms with Crippen LogP contribution >= 0.6 is 0 Å². The van der Waals surface area contributed by atoms with Gasteiger partial charge in [-0.15, -0.1) is 0 Å². The van der Waals surface area contributed by atoms with Crippen LogP contribution in [0.1, 0.15) is 28.9 Å². The summed E-state index contributed by atoms with van der Waals surface area (Å²) in [6.45, 7) is 3.72. The summed E-state index contributed by atoms with van der Waals surface area (Å²) in [6.07, 6.45) is 4.12. The molecule has 0 radical (unpaired) electrons. The maximum Gasteiger partial charge on any atom is 0.251 e. The first-order chi connectivity index (χ1) is 13.8. The quantitative estimate of drug-likeness (QED) is 0.691. The molecule has 5 heteroatoms. The van der Waals surface area contributed by atoms with Gasteiger partial charge in [0.2, 0.25) is 0 Å². The summed E-state index contributed by atoms with van der Waals surface area (Å²) in [7, 11) is 0. The first-order valence-corrected chi connectivity index (χ1v) is 9.92. The second-order valence-corrected chi connectivity index (χ2v) is 7.48. The van der Waals surface area contributed by atoms with E-state index in [2.05, 4.69) is 32.5 Å². The number of benzene rings is 2. The number of amides is 1. The lowest BCUT2D eigenvalue weighted by molar-refractivity contribution is 0.0930. The van der Waals surface area contributed by atoms with Crippen LogP contribution in [0.15, 0.2) is 66.9 Å². The minimum Gasteiger partial charge on any atom is -0.352 e. The summed E-state index contributed by atoms with van der Waals surface area (Å²) in [4.78, 5) is 15.0. The zero-order chi connectivity index (χ0) is 19.2. The highest BCUT2D eigenvalue weighted by Crippen LogP contribution is 2.20. The van der Waals surface area contributed by atoms with Gasteiger partial charge in [0.1, 0.15) is 0 Å². The van der Waals surface area contributed by atoms with Gasteiger partial charge in [0.15, 0.2) is 0 Å². The number of hydrogen-bond donors (Lipinski definition) is 2. The monoisotopic (exact) mass is 374 g/mol. The molecular formula is C23H26N4O. The Hall–Kier alpha value is -2.92. The van der Waals surface area contributed by atoms with Crippen molar-refractivity contribution >= 4 is 5.91 Å². The fourth-order valence-corrected chi connectivity index (χ4v) is 3.86. The number of hydrogen-bond acceptors (Lipinski definition) is 3. The average molecular weight is 374 g/mol. The fourth-order valence-electron chi connectivity index (χ4n) is 3.86. The summed E-state index contributed by atoms with van der Waals surface area (Å²) in [5, 5.41) is 10.2. The van der Waals surface area contributed by atoms with Crippen LogP contribution in [0.5, 0.6) is 0 Å². The van der Waals surface area contributed by atoms with Crippen molar-refractivity contribution in [2.45, 2.75) is 19.4 Å². The number of nitrogens with one attached hydrogen (secondary N) is 2. The molecular weight excluding hydrogens is 348 g/mol. The van der Waals surface area contributed by atoms with Crippen LogP contribution in [0.4, 0.5) is 0 Å². The first-order valence-electron chi connectivity index (χ1n) is 9.92. The second-order valence-electron chi connectivity index (χ2n) is 7.48. The van der Waals surface area contributed by atoms with Crippen LogP contribution in [-0.4, -0.2) is 40.6 Å². The van der Waals surface area contributed by atoms with Crippen molar-refractivity contribution in [1.29, 1.82) is 0 Å². The molecule has 2 heterocycles. The van der Waals surface area contributed by atoms with Crippen LogP contribution in [0, 0.1) is 5.92 Å². The molecule has 28 heavy (non-hydrogen) atoms. The van der Waals surface area contributed by atoms with E-state index in [1.54, 1.807) is 6.20 Å². The summed E-state index contributed by atoms with van der Waals surface area (Å²) in [6, 6.07) is 20.1. The molecule has 1 aliphatic rings. The number of rotatable bonds is 6. The number of carbonyl (C=O) groups is 1. The third-order valence-corrected chi connectivity index (χ3v) is 5.36. The number of aromatic nitrogens is 2. The van der Waals surface area contributed by atoms with E-state index in [-0.39, 0.29) is 5.91 Å². The Kier molecular flexibility index (Phi) is 5.83.